The lowest BCUT2D eigenvalue weighted by atomic mass is 10.1. The minimum Gasteiger partial charge on any atom is -0.309 e. The Bertz CT molecular complexity index is 341. The molecule has 19 heavy (non-hydrogen) atoms. The highest BCUT2D eigenvalue weighted by Crippen LogP contribution is 2.13. The van der Waals surface area contributed by atoms with Crippen LogP contribution in [0.2, 0.25) is 0 Å². The molecule has 1 fully saturated rings. The number of azo groups is 1. The molecule has 1 aliphatic rings. The molecule has 7 heteroatoms. The van der Waals surface area contributed by atoms with Gasteiger partial charge < -0.3 is 5.32 Å². The van der Waals surface area contributed by atoms with E-state index in [2.05, 4.69) is 29.4 Å². The van der Waals surface area contributed by atoms with Crippen LogP contribution in [-0.4, -0.2) is 23.2 Å². The van der Waals surface area contributed by atoms with Crippen molar-refractivity contribution in [2.45, 2.75) is 58.2 Å². The van der Waals surface area contributed by atoms with Gasteiger partial charge in [-0.05, 0) is 41.5 Å². The van der Waals surface area contributed by atoms with E-state index in [1.54, 1.807) is 27.7 Å². The van der Waals surface area contributed by atoms with Crippen molar-refractivity contribution in [3.8, 4) is 12.1 Å². The largest absolute Gasteiger partial charge is 0.309 e. The van der Waals surface area contributed by atoms with Gasteiger partial charge in [0.05, 0.1) is 12.1 Å². The van der Waals surface area contributed by atoms with Gasteiger partial charge in [0.2, 0.25) is 0 Å². The molecule has 1 N–H and O–H groups in total. The predicted octanol–water partition coefficient (Wildman–Crippen LogP) is 3.25. The van der Waals surface area contributed by atoms with Crippen LogP contribution in [0.3, 0.4) is 0 Å². The highest BCUT2D eigenvalue weighted by molar-refractivity contribution is 5.85. The van der Waals surface area contributed by atoms with Crippen LogP contribution in [-0.2, 0) is 0 Å². The second-order valence-electron chi connectivity index (χ2n) is 5.78. The van der Waals surface area contributed by atoms with Crippen LogP contribution in [0, 0.1) is 22.7 Å². The van der Waals surface area contributed by atoms with Gasteiger partial charge in [0.25, 0.3) is 0 Å². The van der Waals surface area contributed by atoms with E-state index in [0.29, 0.717) is 5.54 Å². The molecule has 0 aromatic carbocycles. The molecule has 0 spiro atoms. The van der Waals surface area contributed by atoms with Crippen molar-refractivity contribution >= 4 is 24.8 Å². The maximum Gasteiger partial charge on any atom is 0.162 e. The van der Waals surface area contributed by atoms with Crippen LogP contribution in [0.15, 0.2) is 10.2 Å². The van der Waals surface area contributed by atoms with Crippen LogP contribution >= 0.6 is 24.8 Å². The number of rotatable bonds is 2. The Morgan fingerprint density at radius 1 is 0.947 bits per heavy atom. The fourth-order valence-electron chi connectivity index (χ4n) is 0.471. The summed E-state index contributed by atoms with van der Waals surface area (Å²) in [6.07, 6.45) is 0. The molecule has 5 nitrogen and oxygen atoms in total. The average molecular weight is 308 g/mol. The van der Waals surface area contributed by atoms with E-state index in [4.69, 9.17) is 10.5 Å². The number of nitriles is 2. The molecular weight excluding hydrogens is 285 g/mol. The highest BCUT2D eigenvalue weighted by Gasteiger charge is 2.29. The lowest BCUT2D eigenvalue weighted by Crippen LogP contribution is -2.17. The number of nitrogens with one attached hydrogen (secondary N) is 1. The maximum absolute atomic E-state index is 8.58. The smallest absolute Gasteiger partial charge is 0.162 e. The van der Waals surface area contributed by atoms with E-state index in [1.165, 1.54) is 6.54 Å². The highest BCUT2D eigenvalue weighted by atomic mass is 35.5. The van der Waals surface area contributed by atoms with Crippen molar-refractivity contribution in [1.82, 2.24) is 5.32 Å². The summed E-state index contributed by atoms with van der Waals surface area (Å²) >= 11 is 0. The predicted molar refractivity (Wildman–Crippen MR) is 80.8 cm³/mol. The third-order valence-corrected chi connectivity index (χ3v) is 1.98. The summed E-state index contributed by atoms with van der Waals surface area (Å²) in [5.41, 5.74) is -1.18. The van der Waals surface area contributed by atoms with Crippen molar-refractivity contribution in [2.75, 3.05) is 6.54 Å². The van der Waals surface area contributed by atoms with Crippen LogP contribution in [0.4, 0.5) is 0 Å². The lowest BCUT2D eigenvalue weighted by Gasteiger charge is -2.11. The Kier molecular flexibility index (Phi) is 10.2. The Morgan fingerprint density at radius 2 is 1.16 bits per heavy atom. The monoisotopic (exact) mass is 307 g/mol. The Balaban J connectivity index is -0.000000309. The minimum absolute atomic E-state index is 0. The van der Waals surface area contributed by atoms with Crippen molar-refractivity contribution < 1.29 is 0 Å². The number of halogens is 2. The summed E-state index contributed by atoms with van der Waals surface area (Å²) in [6.45, 7) is 12.1. The van der Waals surface area contributed by atoms with E-state index in [-0.39, 0.29) is 24.8 Å². The quantitative estimate of drug-likeness (QED) is 0.626. The van der Waals surface area contributed by atoms with Gasteiger partial charge in [-0.3, -0.25) is 0 Å². The van der Waals surface area contributed by atoms with Crippen LogP contribution in [0.5, 0.6) is 0 Å². The van der Waals surface area contributed by atoms with E-state index in [0.717, 1.165) is 0 Å². The third-order valence-electron chi connectivity index (χ3n) is 1.98. The molecule has 1 saturated heterocycles. The molecule has 0 aromatic rings. The summed E-state index contributed by atoms with van der Waals surface area (Å²) in [5, 5.41) is 27.8. The zero-order valence-corrected chi connectivity index (χ0v) is 13.9. The minimum atomic E-state index is -0.839. The zero-order valence-electron chi connectivity index (χ0n) is 12.3. The first kappa shape index (κ1) is 23.2. The first-order chi connectivity index (χ1) is 7.54. The van der Waals surface area contributed by atoms with Crippen molar-refractivity contribution in [2.24, 2.45) is 10.2 Å². The number of hydrogen-bond acceptors (Lipinski definition) is 5. The summed E-state index contributed by atoms with van der Waals surface area (Å²) < 4.78 is 0. The fraction of sp³-hybridized carbons (Fsp3) is 0.833. The van der Waals surface area contributed by atoms with Gasteiger partial charge in [-0.25, -0.2) is 0 Å². The lowest BCUT2D eigenvalue weighted by molar-refractivity contribution is 0.541. The Hall–Kier alpha value is -0.880. The molecule has 0 bridgehead atoms. The topological polar surface area (TPSA) is 94.2 Å². The molecule has 0 saturated carbocycles. The number of hydrogen-bond donors (Lipinski definition) is 1. The van der Waals surface area contributed by atoms with Crippen molar-refractivity contribution in [3.05, 3.63) is 0 Å². The van der Waals surface area contributed by atoms with Gasteiger partial charge in [0.1, 0.15) is 0 Å². The zero-order chi connectivity index (χ0) is 13.7. The molecule has 0 aromatic heterocycles. The molecule has 1 aliphatic heterocycles. The maximum atomic E-state index is 8.58. The van der Waals surface area contributed by atoms with Gasteiger partial charge >= 0.3 is 0 Å². The van der Waals surface area contributed by atoms with Gasteiger partial charge in [0.15, 0.2) is 11.1 Å². The molecule has 0 unspecified atom stereocenters. The average Bonchev–Trinajstić information content (AvgIpc) is 2.92. The van der Waals surface area contributed by atoms with Crippen LogP contribution in [0.1, 0.15) is 41.5 Å². The molecule has 1 heterocycles. The molecule has 1 rings (SSSR count). The van der Waals surface area contributed by atoms with Crippen LogP contribution < -0.4 is 5.32 Å². The molecule has 0 radical (unpaired) electrons. The molecule has 0 aliphatic carbocycles. The summed E-state index contributed by atoms with van der Waals surface area (Å²) in [6, 6.07) is 3.94. The van der Waals surface area contributed by atoms with Gasteiger partial charge in [0, 0.05) is 12.1 Å². The van der Waals surface area contributed by atoms with Gasteiger partial charge in [-0.2, -0.15) is 20.8 Å². The summed E-state index contributed by atoms with van der Waals surface area (Å²) in [7, 11) is 0. The standard InChI is InChI=1S/C8H12N4.C4H9N.2ClH/c1-7(2,5-9)11-12-8(3,4)6-10;1-4(2)3-5-4;;/h1-4H3;5H,3H2,1-2H3;2*1H. The van der Waals surface area contributed by atoms with E-state index < -0.39 is 11.1 Å². The first-order valence-corrected chi connectivity index (χ1v) is 5.55. The Labute approximate surface area is 128 Å². The fourth-order valence-corrected chi connectivity index (χ4v) is 0.471. The van der Waals surface area contributed by atoms with E-state index in [1.807, 2.05) is 12.1 Å². The third kappa shape index (κ3) is 13.4. The van der Waals surface area contributed by atoms with Gasteiger partial charge in [-0.15, -0.1) is 24.8 Å². The van der Waals surface area contributed by atoms with E-state index >= 15 is 0 Å². The van der Waals surface area contributed by atoms with Crippen molar-refractivity contribution in [1.29, 1.82) is 10.5 Å². The first-order valence-electron chi connectivity index (χ1n) is 5.55. The normalized spacial score (nSPS) is 15.8. The Morgan fingerprint density at radius 3 is 1.26 bits per heavy atom. The molecule has 0 atom stereocenters. The van der Waals surface area contributed by atoms with Crippen LogP contribution in [0.25, 0.3) is 0 Å². The van der Waals surface area contributed by atoms with Crippen molar-refractivity contribution in [3.63, 3.8) is 0 Å². The SMILES string of the molecule is CC(C)(C#N)N=NC(C)(C)C#N.CC1(C)CN1.Cl.Cl. The second-order valence-corrected chi connectivity index (χ2v) is 5.78. The molecule has 110 valence electrons. The summed E-state index contributed by atoms with van der Waals surface area (Å²) in [4.78, 5) is 0. The second kappa shape index (κ2) is 8.32. The molecular formula is C12H23Cl2N5. The van der Waals surface area contributed by atoms with E-state index in [9.17, 15) is 0 Å². The van der Waals surface area contributed by atoms with Gasteiger partial charge in [-0.1, -0.05) is 0 Å². The number of nitrogens with zero attached hydrogens (tertiary/aromatic N) is 4. The summed E-state index contributed by atoms with van der Waals surface area (Å²) in [5.74, 6) is 0. The molecule has 0 amide bonds.